The number of benzene rings is 1. The summed E-state index contributed by atoms with van der Waals surface area (Å²) >= 11 is 0. The molecule has 4 aliphatic carbocycles. The highest BCUT2D eigenvalue weighted by Gasteiger charge is 2.45. The van der Waals surface area contributed by atoms with Gasteiger partial charge in [0, 0.05) is 11.8 Å². The summed E-state index contributed by atoms with van der Waals surface area (Å²) < 4.78 is 0. The summed E-state index contributed by atoms with van der Waals surface area (Å²) in [5.41, 5.74) is 2.92. The largest absolute Gasteiger partial charge is 0.294 e. The highest BCUT2D eigenvalue weighted by Crippen LogP contribution is 2.51. The molecular formula is C16H14O. The van der Waals surface area contributed by atoms with Crippen LogP contribution in [0.15, 0.2) is 48.6 Å². The molecule has 1 aromatic carbocycles. The predicted molar refractivity (Wildman–Crippen MR) is 66.6 cm³/mol. The Morgan fingerprint density at radius 3 is 2.88 bits per heavy atom. The Balaban J connectivity index is 1.90. The van der Waals surface area contributed by atoms with Gasteiger partial charge in [-0.05, 0) is 35.5 Å². The Hall–Kier alpha value is -1.63. The third-order valence-electron chi connectivity index (χ3n) is 4.56. The fourth-order valence-corrected chi connectivity index (χ4v) is 3.82. The molecule has 4 aliphatic rings. The molecule has 0 radical (unpaired) electrons. The zero-order valence-corrected chi connectivity index (χ0v) is 9.54. The van der Waals surface area contributed by atoms with Gasteiger partial charge in [-0.1, -0.05) is 42.5 Å². The molecule has 0 saturated heterocycles. The van der Waals surface area contributed by atoms with Gasteiger partial charge in [0.2, 0.25) is 0 Å². The molecule has 0 spiro atoms. The monoisotopic (exact) mass is 222 g/mol. The van der Waals surface area contributed by atoms with Crippen molar-refractivity contribution < 1.29 is 4.79 Å². The number of hydrogen-bond donors (Lipinski definition) is 0. The van der Waals surface area contributed by atoms with Gasteiger partial charge in [0.1, 0.15) is 0 Å². The lowest BCUT2D eigenvalue weighted by Crippen LogP contribution is -2.28. The molecule has 0 fully saturated rings. The Bertz CT molecular complexity index is 552. The van der Waals surface area contributed by atoms with Crippen LogP contribution in [-0.2, 0) is 11.2 Å². The number of rotatable bonds is 0. The van der Waals surface area contributed by atoms with Crippen molar-refractivity contribution in [2.45, 2.75) is 12.3 Å². The highest BCUT2D eigenvalue weighted by molar-refractivity contribution is 5.94. The molecule has 84 valence electrons. The minimum absolute atomic E-state index is 0.113. The third kappa shape index (κ3) is 1.17. The van der Waals surface area contributed by atoms with Gasteiger partial charge in [-0.25, -0.2) is 0 Å². The topological polar surface area (TPSA) is 17.1 Å². The van der Waals surface area contributed by atoms with Gasteiger partial charge in [-0.2, -0.15) is 0 Å². The molecule has 0 unspecified atom stereocenters. The van der Waals surface area contributed by atoms with E-state index in [1.807, 2.05) is 0 Å². The van der Waals surface area contributed by atoms with Crippen LogP contribution in [0.5, 0.6) is 0 Å². The van der Waals surface area contributed by atoms with E-state index in [4.69, 9.17) is 0 Å². The summed E-state index contributed by atoms with van der Waals surface area (Å²) in [6.45, 7) is 0. The normalized spacial score (nSPS) is 36.8. The number of allylic oxidation sites excluding steroid dienone is 4. The molecule has 1 aromatic rings. The van der Waals surface area contributed by atoms with Crippen molar-refractivity contribution >= 4 is 5.78 Å². The van der Waals surface area contributed by atoms with Gasteiger partial charge < -0.3 is 0 Å². The molecule has 0 aliphatic heterocycles. The van der Waals surface area contributed by atoms with Crippen LogP contribution >= 0.6 is 0 Å². The maximum atomic E-state index is 12.0. The Kier molecular flexibility index (Phi) is 1.77. The van der Waals surface area contributed by atoms with Crippen molar-refractivity contribution in [2.24, 2.45) is 17.8 Å². The Morgan fingerprint density at radius 1 is 1.06 bits per heavy atom. The van der Waals surface area contributed by atoms with E-state index >= 15 is 0 Å². The third-order valence-corrected chi connectivity index (χ3v) is 4.56. The minimum Gasteiger partial charge on any atom is -0.294 e. The van der Waals surface area contributed by atoms with Crippen LogP contribution < -0.4 is 0 Å². The van der Waals surface area contributed by atoms with Crippen molar-refractivity contribution in [1.29, 1.82) is 0 Å². The SMILES string of the molecule is O=C1C=C[C@H]2C=C[C@@H]1[C@@H]1Cc3ccccc3[C@H]21. The zero-order valence-electron chi connectivity index (χ0n) is 9.54. The molecule has 4 atom stereocenters. The summed E-state index contributed by atoms with van der Waals surface area (Å²) in [5, 5.41) is 0. The van der Waals surface area contributed by atoms with Crippen LogP contribution in [0.25, 0.3) is 0 Å². The maximum Gasteiger partial charge on any atom is 0.162 e. The number of carbonyl (C=O) groups excluding carboxylic acids is 1. The summed E-state index contributed by atoms with van der Waals surface area (Å²) in [6.07, 6.45) is 9.34. The first-order valence-corrected chi connectivity index (χ1v) is 6.33. The molecule has 0 N–H and O–H groups in total. The molecule has 2 bridgehead atoms. The van der Waals surface area contributed by atoms with Gasteiger partial charge in [-0.15, -0.1) is 0 Å². The highest BCUT2D eigenvalue weighted by atomic mass is 16.1. The van der Waals surface area contributed by atoms with Gasteiger partial charge in [0.25, 0.3) is 0 Å². The molecule has 0 saturated carbocycles. The average Bonchev–Trinajstić information content (AvgIpc) is 2.59. The minimum atomic E-state index is 0.113. The molecule has 1 nitrogen and oxygen atoms in total. The van der Waals surface area contributed by atoms with E-state index in [9.17, 15) is 4.79 Å². The molecule has 0 amide bonds. The van der Waals surface area contributed by atoms with Gasteiger partial charge in [0.15, 0.2) is 5.78 Å². The lowest BCUT2D eigenvalue weighted by molar-refractivity contribution is -0.118. The summed E-state index contributed by atoms with van der Waals surface area (Å²) in [6, 6.07) is 8.69. The second-order valence-corrected chi connectivity index (χ2v) is 5.34. The van der Waals surface area contributed by atoms with Crippen LogP contribution in [0.4, 0.5) is 0 Å². The van der Waals surface area contributed by atoms with Crippen LogP contribution in [0.3, 0.4) is 0 Å². The fraction of sp³-hybridized carbons (Fsp3) is 0.312. The molecule has 5 rings (SSSR count). The first kappa shape index (κ1) is 9.41. The van der Waals surface area contributed by atoms with Gasteiger partial charge >= 0.3 is 0 Å². The second kappa shape index (κ2) is 3.19. The summed E-state index contributed by atoms with van der Waals surface area (Å²) in [5.74, 6) is 1.85. The van der Waals surface area contributed by atoms with Crippen molar-refractivity contribution in [2.75, 3.05) is 0 Å². The van der Waals surface area contributed by atoms with E-state index in [1.54, 1.807) is 6.08 Å². The quantitative estimate of drug-likeness (QED) is 0.617. The van der Waals surface area contributed by atoms with Crippen LogP contribution in [0.2, 0.25) is 0 Å². The summed E-state index contributed by atoms with van der Waals surface area (Å²) in [7, 11) is 0. The van der Waals surface area contributed by atoms with E-state index < -0.39 is 0 Å². The molecule has 1 heteroatoms. The molecule has 0 aromatic heterocycles. The van der Waals surface area contributed by atoms with E-state index in [0.29, 0.717) is 23.5 Å². The Morgan fingerprint density at radius 2 is 1.94 bits per heavy atom. The predicted octanol–water partition coefficient (Wildman–Crippen LogP) is 2.88. The lowest BCUT2D eigenvalue weighted by Gasteiger charge is -2.31. The number of hydrogen-bond acceptors (Lipinski definition) is 1. The van der Waals surface area contributed by atoms with E-state index in [0.717, 1.165) is 6.42 Å². The van der Waals surface area contributed by atoms with Crippen molar-refractivity contribution in [3.63, 3.8) is 0 Å². The second-order valence-electron chi connectivity index (χ2n) is 5.34. The van der Waals surface area contributed by atoms with E-state index in [-0.39, 0.29) is 5.92 Å². The average molecular weight is 222 g/mol. The maximum absolute atomic E-state index is 12.0. The fourth-order valence-electron chi connectivity index (χ4n) is 3.82. The molecule has 0 heterocycles. The first-order chi connectivity index (χ1) is 8.34. The van der Waals surface area contributed by atoms with Gasteiger partial charge in [-0.3, -0.25) is 4.79 Å². The lowest BCUT2D eigenvalue weighted by atomic mass is 9.72. The van der Waals surface area contributed by atoms with Crippen molar-refractivity contribution in [3.8, 4) is 0 Å². The standard InChI is InChI=1S/C16H14O/c17-15-8-6-10-5-7-13(15)14-9-11-3-1-2-4-12(11)16(10)14/h1-8,10,13-14,16H,9H2/t10-,13-,14+,16+/m1/s1. The van der Waals surface area contributed by atoms with Crippen molar-refractivity contribution in [3.05, 3.63) is 59.7 Å². The number of carbonyl (C=O) groups is 1. The molecule has 17 heavy (non-hydrogen) atoms. The smallest absolute Gasteiger partial charge is 0.162 e. The van der Waals surface area contributed by atoms with Gasteiger partial charge in [0.05, 0.1) is 0 Å². The summed E-state index contributed by atoms with van der Waals surface area (Å²) in [4.78, 5) is 12.0. The van der Waals surface area contributed by atoms with Crippen LogP contribution in [0.1, 0.15) is 17.0 Å². The van der Waals surface area contributed by atoms with E-state index in [2.05, 4.69) is 42.5 Å². The van der Waals surface area contributed by atoms with Crippen LogP contribution in [-0.4, -0.2) is 5.78 Å². The van der Waals surface area contributed by atoms with Crippen molar-refractivity contribution in [1.82, 2.24) is 0 Å². The number of fused-ring (bicyclic) bond motifs is 2. The number of ketones is 1. The van der Waals surface area contributed by atoms with E-state index in [1.165, 1.54) is 11.1 Å². The van der Waals surface area contributed by atoms with Crippen LogP contribution in [0, 0.1) is 17.8 Å². The zero-order chi connectivity index (χ0) is 11.4. The molecular weight excluding hydrogens is 208 g/mol. The first-order valence-electron chi connectivity index (χ1n) is 6.33. The Labute approximate surface area is 101 Å².